The molecule has 2 aromatic carbocycles. The normalized spacial score (nSPS) is 11.3. The van der Waals surface area contributed by atoms with Gasteiger partial charge < -0.3 is 5.32 Å². The van der Waals surface area contributed by atoms with Crippen LogP contribution < -0.4 is 5.32 Å². The van der Waals surface area contributed by atoms with Gasteiger partial charge in [-0.1, -0.05) is 56.6 Å². The highest BCUT2D eigenvalue weighted by Gasteiger charge is 2.12. The Morgan fingerprint density at radius 2 is 1.50 bits per heavy atom. The van der Waals surface area contributed by atoms with E-state index < -0.39 is 0 Å². The molecule has 94 valence electrons. The van der Waals surface area contributed by atoms with E-state index in [-0.39, 0.29) is 5.41 Å². The van der Waals surface area contributed by atoms with Crippen LogP contribution in [0.1, 0.15) is 26.3 Å². The van der Waals surface area contributed by atoms with Crippen LogP contribution in [0.25, 0.3) is 0 Å². The summed E-state index contributed by atoms with van der Waals surface area (Å²) in [5, 5.41) is 4.05. The minimum absolute atomic E-state index is 0.183. The molecule has 2 aromatic rings. The molecule has 0 unspecified atom stereocenters. The van der Waals surface area contributed by atoms with Crippen LogP contribution in [0, 0.1) is 0 Å². The molecule has 0 atom stereocenters. The first-order valence-corrected chi connectivity index (χ1v) is 6.47. The van der Waals surface area contributed by atoms with Crippen molar-refractivity contribution < 1.29 is 0 Å². The van der Waals surface area contributed by atoms with Crippen molar-refractivity contribution in [2.24, 2.45) is 0 Å². The predicted octanol–water partition coefficient (Wildman–Crippen LogP) is 5.38. The maximum atomic E-state index is 6.12. The number of halogens is 1. The molecule has 2 heteroatoms. The monoisotopic (exact) mass is 259 g/mol. The molecule has 0 saturated heterocycles. The van der Waals surface area contributed by atoms with E-state index in [1.165, 1.54) is 5.56 Å². The van der Waals surface area contributed by atoms with Crippen LogP contribution in [0.4, 0.5) is 11.4 Å². The Labute approximate surface area is 114 Å². The first-order valence-electron chi connectivity index (χ1n) is 6.09. The summed E-state index contributed by atoms with van der Waals surface area (Å²) in [6.45, 7) is 6.64. The maximum absolute atomic E-state index is 6.12. The molecule has 0 fully saturated rings. The van der Waals surface area contributed by atoms with Crippen LogP contribution in [-0.2, 0) is 5.41 Å². The highest BCUT2D eigenvalue weighted by molar-refractivity contribution is 6.33. The van der Waals surface area contributed by atoms with E-state index in [4.69, 9.17) is 11.6 Å². The quantitative estimate of drug-likeness (QED) is 0.763. The van der Waals surface area contributed by atoms with Crippen molar-refractivity contribution in [2.75, 3.05) is 5.32 Å². The summed E-state index contributed by atoms with van der Waals surface area (Å²) in [5.74, 6) is 0. The van der Waals surface area contributed by atoms with Crippen LogP contribution in [0.5, 0.6) is 0 Å². The molecule has 0 aliphatic carbocycles. The summed E-state index contributed by atoms with van der Waals surface area (Å²) in [6, 6.07) is 16.2. The summed E-state index contributed by atoms with van der Waals surface area (Å²) in [5.41, 5.74) is 3.49. The van der Waals surface area contributed by atoms with Gasteiger partial charge in [0, 0.05) is 5.69 Å². The number of hydrogen-bond acceptors (Lipinski definition) is 1. The first-order chi connectivity index (χ1) is 8.47. The molecule has 0 heterocycles. The fourth-order valence-corrected chi connectivity index (χ4v) is 1.95. The molecule has 0 radical (unpaired) electrons. The minimum atomic E-state index is 0.183. The average molecular weight is 260 g/mol. The number of anilines is 2. The zero-order chi connectivity index (χ0) is 13.2. The number of benzene rings is 2. The van der Waals surface area contributed by atoms with Gasteiger partial charge in [0.2, 0.25) is 0 Å². The van der Waals surface area contributed by atoms with E-state index in [1.807, 2.05) is 24.3 Å². The van der Waals surface area contributed by atoms with Crippen molar-refractivity contribution >= 4 is 23.0 Å². The highest BCUT2D eigenvalue weighted by atomic mass is 35.5. The van der Waals surface area contributed by atoms with Gasteiger partial charge in [-0.2, -0.15) is 0 Å². The lowest BCUT2D eigenvalue weighted by atomic mass is 9.87. The molecule has 0 aliphatic heterocycles. The second-order valence-electron chi connectivity index (χ2n) is 5.43. The van der Waals surface area contributed by atoms with Gasteiger partial charge in [0.1, 0.15) is 0 Å². The zero-order valence-electron chi connectivity index (χ0n) is 11.0. The average Bonchev–Trinajstić information content (AvgIpc) is 2.32. The van der Waals surface area contributed by atoms with Crippen molar-refractivity contribution in [1.29, 1.82) is 0 Å². The fourth-order valence-electron chi connectivity index (χ4n) is 1.77. The summed E-state index contributed by atoms with van der Waals surface area (Å²) in [4.78, 5) is 0. The molecular formula is C16H18ClN. The topological polar surface area (TPSA) is 12.0 Å². The van der Waals surface area contributed by atoms with E-state index in [0.717, 1.165) is 16.4 Å². The van der Waals surface area contributed by atoms with Gasteiger partial charge in [0.05, 0.1) is 10.7 Å². The van der Waals surface area contributed by atoms with Gasteiger partial charge in [-0.3, -0.25) is 0 Å². The van der Waals surface area contributed by atoms with Gasteiger partial charge in [0.25, 0.3) is 0 Å². The molecule has 2 rings (SSSR count). The number of rotatable bonds is 2. The Balaban J connectivity index is 2.19. The Hall–Kier alpha value is -1.47. The smallest absolute Gasteiger partial charge is 0.0640 e. The van der Waals surface area contributed by atoms with Crippen molar-refractivity contribution in [1.82, 2.24) is 0 Å². The lowest BCUT2D eigenvalue weighted by Gasteiger charge is -2.19. The molecule has 0 aromatic heterocycles. The van der Waals surface area contributed by atoms with Gasteiger partial charge >= 0.3 is 0 Å². The number of nitrogens with one attached hydrogen (secondary N) is 1. The third kappa shape index (κ3) is 3.05. The van der Waals surface area contributed by atoms with Gasteiger partial charge in [-0.25, -0.2) is 0 Å². The second-order valence-corrected chi connectivity index (χ2v) is 5.84. The van der Waals surface area contributed by atoms with Crippen LogP contribution in [0.15, 0.2) is 48.5 Å². The van der Waals surface area contributed by atoms with Crippen LogP contribution in [0.3, 0.4) is 0 Å². The molecular weight excluding hydrogens is 242 g/mol. The lowest BCUT2D eigenvalue weighted by molar-refractivity contribution is 0.590. The lowest BCUT2D eigenvalue weighted by Crippen LogP contribution is -2.10. The zero-order valence-corrected chi connectivity index (χ0v) is 11.8. The predicted molar refractivity (Wildman–Crippen MR) is 79.9 cm³/mol. The van der Waals surface area contributed by atoms with Crippen LogP contribution in [-0.4, -0.2) is 0 Å². The van der Waals surface area contributed by atoms with Crippen molar-refractivity contribution in [3.05, 3.63) is 59.1 Å². The third-order valence-electron chi connectivity index (χ3n) is 2.90. The number of para-hydroxylation sites is 1. The molecule has 0 saturated carbocycles. The second kappa shape index (κ2) is 5.03. The van der Waals surface area contributed by atoms with Crippen LogP contribution in [0.2, 0.25) is 5.02 Å². The van der Waals surface area contributed by atoms with Crippen LogP contribution >= 0.6 is 11.6 Å². The summed E-state index contributed by atoms with van der Waals surface area (Å²) < 4.78 is 0. The van der Waals surface area contributed by atoms with E-state index in [2.05, 4.69) is 50.4 Å². The Kier molecular flexibility index (Phi) is 3.63. The van der Waals surface area contributed by atoms with E-state index in [9.17, 15) is 0 Å². The fraction of sp³-hybridized carbons (Fsp3) is 0.250. The third-order valence-corrected chi connectivity index (χ3v) is 3.23. The largest absolute Gasteiger partial charge is 0.354 e. The van der Waals surface area contributed by atoms with Gasteiger partial charge in [-0.15, -0.1) is 0 Å². The van der Waals surface area contributed by atoms with Crippen molar-refractivity contribution in [3.63, 3.8) is 0 Å². The molecule has 18 heavy (non-hydrogen) atoms. The van der Waals surface area contributed by atoms with Crippen molar-refractivity contribution in [3.8, 4) is 0 Å². The molecule has 0 bridgehead atoms. The molecule has 1 N–H and O–H groups in total. The Morgan fingerprint density at radius 1 is 0.889 bits per heavy atom. The molecule has 1 nitrogen and oxygen atoms in total. The molecule has 0 aliphatic rings. The SMILES string of the molecule is CC(C)(C)c1ccc(Nc2ccccc2Cl)cc1. The number of hydrogen-bond donors (Lipinski definition) is 1. The highest BCUT2D eigenvalue weighted by Crippen LogP contribution is 2.27. The van der Waals surface area contributed by atoms with E-state index in [0.29, 0.717) is 0 Å². The minimum Gasteiger partial charge on any atom is -0.354 e. The summed E-state index contributed by atoms with van der Waals surface area (Å²) in [7, 11) is 0. The van der Waals surface area contributed by atoms with E-state index >= 15 is 0 Å². The van der Waals surface area contributed by atoms with Gasteiger partial charge in [-0.05, 0) is 35.2 Å². The maximum Gasteiger partial charge on any atom is 0.0640 e. The van der Waals surface area contributed by atoms with Crippen molar-refractivity contribution in [2.45, 2.75) is 26.2 Å². The summed E-state index contributed by atoms with van der Waals surface area (Å²) >= 11 is 6.12. The first kappa shape index (κ1) is 13.0. The van der Waals surface area contributed by atoms with Gasteiger partial charge in [0.15, 0.2) is 0 Å². The standard InChI is InChI=1S/C16H18ClN/c1-16(2,3)12-8-10-13(11-9-12)18-15-7-5-4-6-14(15)17/h4-11,18H,1-3H3. The molecule has 0 amide bonds. The summed E-state index contributed by atoms with van der Waals surface area (Å²) in [6.07, 6.45) is 0. The molecule has 0 spiro atoms. The Bertz CT molecular complexity index is 524. The van der Waals surface area contributed by atoms with E-state index in [1.54, 1.807) is 0 Å². The Morgan fingerprint density at radius 3 is 2.06 bits per heavy atom.